The first-order valence-corrected chi connectivity index (χ1v) is 7.06. The van der Waals surface area contributed by atoms with Gasteiger partial charge in [-0.15, -0.1) is 0 Å². The molecule has 0 heterocycles. The highest BCUT2D eigenvalue weighted by Gasteiger charge is 2.17. The van der Waals surface area contributed by atoms with Crippen LogP contribution in [-0.2, 0) is 4.74 Å². The molecule has 1 rings (SSSR count). The van der Waals surface area contributed by atoms with Gasteiger partial charge in [-0.2, -0.15) is 0 Å². The molecule has 2 unspecified atom stereocenters. The first-order chi connectivity index (χ1) is 8.95. The van der Waals surface area contributed by atoms with E-state index in [0.717, 1.165) is 0 Å². The molecule has 0 aliphatic heterocycles. The Kier molecular flexibility index (Phi) is 7.11. The van der Waals surface area contributed by atoms with Crippen molar-refractivity contribution in [2.75, 3.05) is 20.3 Å². The van der Waals surface area contributed by atoms with Crippen LogP contribution in [-0.4, -0.2) is 31.4 Å². The van der Waals surface area contributed by atoms with Crippen LogP contribution in [0.5, 0.6) is 0 Å². The first kappa shape index (κ1) is 16.7. The third kappa shape index (κ3) is 5.28. The van der Waals surface area contributed by atoms with Crippen molar-refractivity contribution in [2.24, 2.45) is 5.92 Å². The molecule has 0 aliphatic carbocycles. The maximum Gasteiger partial charge on any atom is 0.0929 e. The van der Waals surface area contributed by atoms with E-state index in [1.54, 1.807) is 25.3 Å². The summed E-state index contributed by atoms with van der Waals surface area (Å²) in [4.78, 5) is 0. The number of aliphatic hydroxyl groups excluding tert-OH is 1. The molecule has 0 saturated heterocycles. The SMILES string of the molecule is COCC(NCC(O)c1cc(Cl)ccc1Cl)C(C)C. The minimum absolute atomic E-state index is 0.192. The molecule has 0 saturated carbocycles. The van der Waals surface area contributed by atoms with E-state index in [0.29, 0.717) is 34.7 Å². The van der Waals surface area contributed by atoms with Gasteiger partial charge in [0, 0.05) is 35.3 Å². The van der Waals surface area contributed by atoms with Crippen molar-refractivity contribution in [1.82, 2.24) is 5.32 Å². The molecule has 1 aromatic rings. The zero-order valence-electron chi connectivity index (χ0n) is 11.5. The molecular formula is C14H21Cl2NO2. The standard InChI is InChI=1S/C14H21Cl2NO2/c1-9(2)13(8-19-3)17-7-14(18)11-6-10(15)4-5-12(11)16/h4-6,9,13-14,17-18H,7-8H2,1-3H3. The lowest BCUT2D eigenvalue weighted by atomic mass is 10.0. The highest BCUT2D eigenvalue weighted by Crippen LogP contribution is 2.26. The highest BCUT2D eigenvalue weighted by atomic mass is 35.5. The van der Waals surface area contributed by atoms with Gasteiger partial charge in [0.1, 0.15) is 0 Å². The predicted molar refractivity (Wildman–Crippen MR) is 79.9 cm³/mol. The average molecular weight is 306 g/mol. The van der Waals surface area contributed by atoms with Gasteiger partial charge in [0.15, 0.2) is 0 Å². The Morgan fingerprint density at radius 3 is 2.58 bits per heavy atom. The molecule has 0 aromatic heterocycles. The highest BCUT2D eigenvalue weighted by molar-refractivity contribution is 6.33. The summed E-state index contributed by atoms with van der Waals surface area (Å²) in [7, 11) is 1.67. The average Bonchev–Trinajstić information content (AvgIpc) is 2.36. The van der Waals surface area contributed by atoms with Crippen LogP contribution in [0.15, 0.2) is 18.2 Å². The summed E-state index contributed by atoms with van der Waals surface area (Å²) in [6.45, 7) is 5.23. The van der Waals surface area contributed by atoms with Gasteiger partial charge in [0.2, 0.25) is 0 Å². The third-order valence-corrected chi connectivity index (χ3v) is 3.62. The quantitative estimate of drug-likeness (QED) is 0.812. The smallest absolute Gasteiger partial charge is 0.0929 e. The Balaban J connectivity index is 2.63. The fourth-order valence-corrected chi connectivity index (χ4v) is 2.23. The fourth-order valence-electron chi connectivity index (χ4n) is 1.81. The Labute approximate surface area is 124 Å². The Bertz CT molecular complexity index is 399. The van der Waals surface area contributed by atoms with Gasteiger partial charge in [-0.25, -0.2) is 0 Å². The van der Waals surface area contributed by atoms with Crippen molar-refractivity contribution in [2.45, 2.75) is 26.0 Å². The van der Waals surface area contributed by atoms with Gasteiger partial charge in [-0.3, -0.25) is 0 Å². The summed E-state index contributed by atoms with van der Waals surface area (Å²) in [6.07, 6.45) is -0.690. The second-order valence-electron chi connectivity index (χ2n) is 4.90. The number of methoxy groups -OCH3 is 1. The number of hydrogen-bond donors (Lipinski definition) is 2. The summed E-state index contributed by atoms with van der Waals surface area (Å²) in [6, 6.07) is 5.28. The Morgan fingerprint density at radius 2 is 2.00 bits per heavy atom. The molecule has 5 heteroatoms. The number of benzene rings is 1. The molecule has 2 atom stereocenters. The van der Waals surface area contributed by atoms with Crippen LogP contribution in [0.25, 0.3) is 0 Å². The minimum Gasteiger partial charge on any atom is -0.387 e. The van der Waals surface area contributed by atoms with E-state index in [1.807, 2.05) is 0 Å². The maximum absolute atomic E-state index is 10.2. The van der Waals surface area contributed by atoms with E-state index in [2.05, 4.69) is 19.2 Å². The van der Waals surface area contributed by atoms with E-state index in [4.69, 9.17) is 27.9 Å². The Morgan fingerprint density at radius 1 is 1.32 bits per heavy atom. The first-order valence-electron chi connectivity index (χ1n) is 6.31. The topological polar surface area (TPSA) is 41.5 Å². The van der Waals surface area contributed by atoms with E-state index >= 15 is 0 Å². The molecule has 0 spiro atoms. The van der Waals surface area contributed by atoms with Gasteiger partial charge in [0.25, 0.3) is 0 Å². The number of aliphatic hydroxyl groups is 1. The Hall–Kier alpha value is -0.320. The lowest BCUT2D eigenvalue weighted by molar-refractivity contribution is 0.124. The van der Waals surface area contributed by atoms with E-state index in [-0.39, 0.29) is 6.04 Å². The zero-order chi connectivity index (χ0) is 14.4. The third-order valence-electron chi connectivity index (χ3n) is 3.04. The van der Waals surface area contributed by atoms with E-state index in [9.17, 15) is 5.11 Å². The van der Waals surface area contributed by atoms with Crippen molar-refractivity contribution in [1.29, 1.82) is 0 Å². The lowest BCUT2D eigenvalue weighted by Crippen LogP contribution is -2.40. The molecule has 108 valence electrons. The molecule has 0 amide bonds. The van der Waals surface area contributed by atoms with Gasteiger partial charge in [-0.1, -0.05) is 37.0 Å². The number of rotatable bonds is 7. The van der Waals surface area contributed by atoms with Gasteiger partial charge in [0.05, 0.1) is 12.7 Å². The molecule has 0 bridgehead atoms. The van der Waals surface area contributed by atoms with Crippen molar-refractivity contribution in [3.8, 4) is 0 Å². The molecule has 2 N–H and O–H groups in total. The van der Waals surface area contributed by atoms with Gasteiger partial charge >= 0.3 is 0 Å². The van der Waals surface area contributed by atoms with E-state index < -0.39 is 6.10 Å². The lowest BCUT2D eigenvalue weighted by Gasteiger charge is -2.23. The van der Waals surface area contributed by atoms with Crippen LogP contribution in [0.2, 0.25) is 10.0 Å². The molecule has 0 fully saturated rings. The van der Waals surface area contributed by atoms with Gasteiger partial charge < -0.3 is 15.2 Å². The normalized spacial score (nSPS) is 14.7. The summed E-state index contributed by atoms with van der Waals surface area (Å²) in [5, 5.41) is 14.6. The van der Waals surface area contributed by atoms with Crippen LogP contribution < -0.4 is 5.32 Å². The summed E-state index contributed by atoms with van der Waals surface area (Å²) in [5.41, 5.74) is 0.640. The summed E-state index contributed by atoms with van der Waals surface area (Å²) >= 11 is 12.0. The fraction of sp³-hybridized carbons (Fsp3) is 0.571. The molecule has 0 radical (unpaired) electrons. The summed E-state index contributed by atoms with van der Waals surface area (Å²) in [5.74, 6) is 0.419. The predicted octanol–water partition coefficient (Wildman–Crippen LogP) is 3.29. The second-order valence-corrected chi connectivity index (χ2v) is 5.74. The van der Waals surface area contributed by atoms with E-state index in [1.165, 1.54) is 0 Å². The second kappa shape index (κ2) is 8.08. The molecule has 3 nitrogen and oxygen atoms in total. The molecule has 19 heavy (non-hydrogen) atoms. The summed E-state index contributed by atoms with van der Waals surface area (Å²) < 4.78 is 5.15. The minimum atomic E-state index is -0.690. The van der Waals surface area contributed by atoms with Crippen LogP contribution >= 0.6 is 23.2 Å². The molecule has 0 aliphatic rings. The van der Waals surface area contributed by atoms with Crippen molar-refractivity contribution in [3.05, 3.63) is 33.8 Å². The largest absolute Gasteiger partial charge is 0.387 e. The maximum atomic E-state index is 10.2. The number of hydrogen-bond acceptors (Lipinski definition) is 3. The van der Waals surface area contributed by atoms with Crippen LogP contribution in [0.4, 0.5) is 0 Å². The molecular weight excluding hydrogens is 285 g/mol. The number of halogens is 2. The van der Waals surface area contributed by atoms with Crippen molar-refractivity contribution < 1.29 is 9.84 Å². The monoisotopic (exact) mass is 305 g/mol. The zero-order valence-corrected chi connectivity index (χ0v) is 13.0. The number of ether oxygens (including phenoxy) is 1. The number of nitrogens with one attached hydrogen (secondary N) is 1. The van der Waals surface area contributed by atoms with Gasteiger partial charge in [-0.05, 0) is 24.1 Å². The van der Waals surface area contributed by atoms with Crippen LogP contribution in [0, 0.1) is 5.92 Å². The van der Waals surface area contributed by atoms with Crippen molar-refractivity contribution >= 4 is 23.2 Å². The van der Waals surface area contributed by atoms with Crippen molar-refractivity contribution in [3.63, 3.8) is 0 Å². The molecule has 1 aromatic carbocycles. The van der Waals surface area contributed by atoms with Crippen LogP contribution in [0.1, 0.15) is 25.5 Å². The van der Waals surface area contributed by atoms with Crippen LogP contribution in [0.3, 0.4) is 0 Å².